The zero-order valence-electron chi connectivity index (χ0n) is 15.5. The molecule has 2 aromatic rings. The van der Waals surface area contributed by atoms with E-state index in [0.717, 1.165) is 55.3 Å². The number of hydrogen-bond donors (Lipinski definition) is 1. The molecule has 1 atom stereocenters. The number of aliphatic hydroxyl groups is 1. The molecule has 1 aromatic heterocycles. The minimum absolute atomic E-state index is 0. The first-order valence-electron chi connectivity index (χ1n) is 9.24. The maximum Gasteiger partial charge on any atom is 0.339 e. The average Bonchev–Trinajstić information content (AvgIpc) is 2.64. The molecule has 0 aliphatic heterocycles. The summed E-state index contributed by atoms with van der Waals surface area (Å²) in [5.41, 5.74) is 2.20. The van der Waals surface area contributed by atoms with Gasteiger partial charge in [0.2, 0.25) is 0 Å². The fourth-order valence-corrected chi connectivity index (χ4v) is 3.60. The van der Waals surface area contributed by atoms with Crippen LogP contribution in [0.1, 0.15) is 37.8 Å². The molecule has 1 aromatic carbocycles. The minimum atomic E-state index is -0.554. The third-order valence-corrected chi connectivity index (χ3v) is 5.00. The van der Waals surface area contributed by atoms with Crippen molar-refractivity contribution in [1.29, 1.82) is 0 Å². The molecule has 1 N–H and O–H groups in total. The maximum atomic E-state index is 12.2. The van der Waals surface area contributed by atoms with Gasteiger partial charge >= 0.3 is 5.63 Å². The lowest BCUT2D eigenvalue weighted by Crippen LogP contribution is -2.35. The predicted octanol–water partition coefficient (Wildman–Crippen LogP) is 3.18. The van der Waals surface area contributed by atoms with Crippen molar-refractivity contribution in [3.05, 3.63) is 39.7 Å². The van der Waals surface area contributed by atoms with Crippen LogP contribution in [-0.4, -0.2) is 42.4 Å². The summed E-state index contributed by atoms with van der Waals surface area (Å²) in [5.74, 6) is 0.693. The van der Waals surface area contributed by atoms with Gasteiger partial charge in [0.1, 0.15) is 24.0 Å². The van der Waals surface area contributed by atoms with Crippen LogP contribution in [0.15, 0.2) is 27.4 Å². The summed E-state index contributed by atoms with van der Waals surface area (Å²) in [7, 11) is 0. The van der Waals surface area contributed by atoms with E-state index in [-0.39, 0.29) is 24.6 Å². The first-order chi connectivity index (χ1) is 12.1. The van der Waals surface area contributed by atoms with Gasteiger partial charge in [-0.3, -0.25) is 0 Å². The van der Waals surface area contributed by atoms with Crippen molar-refractivity contribution >= 4 is 23.4 Å². The lowest BCUT2D eigenvalue weighted by Gasteiger charge is -2.23. The van der Waals surface area contributed by atoms with Gasteiger partial charge in [-0.05, 0) is 56.5 Å². The van der Waals surface area contributed by atoms with Crippen molar-refractivity contribution < 1.29 is 14.3 Å². The first-order valence-corrected chi connectivity index (χ1v) is 9.24. The highest BCUT2D eigenvalue weighted by molar-refractivity contribution is 5.88. The highest BCUT2D eigenvalue weighted by Gasteiger charge is 2.21. The molecule has 3 rings (SSSR count). The van der Waals surface area contributed by atoms with E-state index in [1.54, 1.807) is 0 Å². The van der Waals surface area contributed by atoms with Crippen LogP contribution in [0.3, 0.4) is 0 Å². The molecule has 144 valence electrons. The van der Waals surface area contributed by atoms with Gasteiger partial charge in [0.25, 0.3) is 0 Å². The van der Waals surface area contributed by atoms with Gasteiger partial charge in [0.15, 0.2) is 0 Å². The summed E-state index contributed by atoms with van der Waals surface area (Å²) >= 11 is 0. The second-order valence-electron chi connectivity index (χ2n) is 6.63. The number of rotatable bonds is 7. The van der Waals surface area contributed by atoms with Crippen LogP contribution in [0.2, 0.25) is 0 Å². The van der Waals surface area contributed by atoms with Crippen LogP contribution in [0, 0.1) is 0 Å². The molecular weight excluding hydrogens is 354 g/mol. The zero-order valence-corrected chi connectivity index (χ0v) is 16.3. The molecule has 0 radical (unpaired) electrons. The van der Waals surface area contributed by atoms with Crippen LogP contribution in [0.5, 0.6) is 5.75 Å². The average molecular weight is 382 g/mol. The Hall–Kier alpha value is -1.56. The molecule has 1 unspecified atom stereocenters. The lowest BCUT2D eigenvalue weighted by atomic mass is 9.90. The van der Waals surface area contributed by atoms with E-state index in [2.05, 4.69) is 18.7 Å². The summed E-state index contributed by atoms with van der Waals surface area (Å²) in [6, 6.07) is 5.53. The zero-order chi connectivity index (χ0) is 17.8. The smallest absolute Gasteiger partial charge is 0.339 e. The number of benzene rings is 1. The van der Waals surface area contributed by atoms with Crippen molar-refractivity contribution in [2.45, 2.75) is 45.6 Å². The van der Waals surface area contributed by atoms with Crippen LogP contribution < -0.4 is 10.4 Å². The van der Waals surface area contributed by atoms with Gasteiger partial charge in [0.05, 0.1) is 5.39 Å². The number of aryl methyl sites for hydroxylation is 1. The van der Waals surface area contributed by atoms with E-state index in [1.807, 2.05) is 18.2 Å². The molecule has 0 saturated heterocycles. The van der Waals surface area contributed by atoms with Crippen LogP contribution >= 0.6 is 12.4 Å². The highest BCUT2D eigenvalue weighted by atomic mass is 35.5. The van der Waals surface area contributed by atoms with E-state index >= 15 is 0 Å². The molecular formula is C20H28ClNO4. The van der Waals surface area contributed by atoms with Crippen LogP contribution in [-0.2, 0) is 12.8 Å². The predicted molar refractivity (Wildman–Crippen MR) is 106 cm³/mol. The van der Waals surface area contributed by atoms with Crippen molar-refractivity contribution in [3.8, 4) is 5.75 Å². The van der Waals surface area contributed by atoms with Crippen LogP contribution in [0.25, 0.3) is 11.0 Å². The Morgan fingerprint density at radius 1 is 1.19 bits per heavy atom. The SMILES string of the molecule is CCN(CC)CC(O)COc1cccc2oc(=O)c3c(c12)CCCC3.Cl. The summed E-state index contributed by atoms with van der Waals surface area (Å²) in [6.07, 6.45) is 3.19. The topological polar surface area (TPSA) is 62.9 Å². The Labute approximate surface area is 160 Å². The molecule has 0 bridgehead atoms. The number of ether oxygens (including phenoxy) is 1. The van der Waals surface area contributed by atoms with Gasteiger partial charge in [-0.2, -0.15) is 0 Å². The molecule has 26 heavy (non-hydrogen) atoms. The van der Waals surface area contributed by atoms with Crippen molar-refractivity contribution in [3.63, 3.8) is 0 Å². The summed E-state index contributed by atoms with van der Waals surface area (Å²) in [4.78, 5) is 14.4. The summed E-state index contributed by atoms with van der Waals surface area (Å²) < 4.78 is 11.4. The molecule has 0 spiro atoms. The van der Waals surface area contributed by atoms with Gasteiger partial charge in [-0.1, -0.05) is 19.9 Å². The van der Waals surface area contributed by atoms with E-state index in [9.17, 15) is 9.90 Å². The van der Waals surface area contributed by atoms with Crippen molar-refractivity contribution in [1.82, 2.24) is 4.90 Å². The molecule has 0 saturated carbocycles. The Kier molecular flexibility index (Phi) is 7.50. The van der Waals surface area contributed by atoms with Gasteiger partial charge < -0.3 is 19.2 Å². The van der Waals surface area contributed by atoms with E-state index in [0.29, 0.717) is 17.9 Å². The molecule has 1 aliphatic carbocycles. The Balaban J connectivity index is 0.00000243. The molecule has 0 amide bonds. The van der Waals surface area contributed by atoms with Crippen molar-refractivity contribution in [2.75, 3.05) is 26.2 Å². The standard InChI is InChI=1S/C20H27NO4.ClH/c1-3-21(4-2)12-14(22)13-24-17-10-7-11-18-19(17)15-8-5-6-9-16(15)20(23)25-18;/h7,10-11,14,22H,3-6,8-9,12-13H2,1-2H3;1H. The third-order valence-electron chi connectivity index (χ3n) is 5.00. The Morgan fingerprint density at radius 2 is 1.88 bits per heavy atom. The fraction of sp³-hybridized carbons (Fsp3) is 0.550. The molecule has 1 heterocycles. The molecule has 6 heteroatoms. The van der Waals surface area contributed by atoms with Crippen LogP contribution in [0.4, 0.5) is 0 Å². The van der Waals surface area contributed by atoms with E-state index in [4.69, 9.17) is 9.15 Å². The fourth-order valence-electron chi connectivity index (χ4n) is 3.60. The number of halogens is 1. The molecule has 0 fully saturated rings. The number of nitrogens with zero attached hydrogens (tertiary/aromatic N) is 1. The second-order valence-corrected chi connectivity index (χ2v) is 6.63. The second kappa shape index (κ2) is 9.40. The minimum Gasteiger partial charge on any atom is -0.490 e. The van der Waals surface area contributed by atoms with Gasteiger partial charge in [-0.15, -0.1) is 12.4 Å². The van der Waals surface area contributed by atoms with E-state index < -0.39 is 6.10 Å². The third kappa shape index (κ3) is 4.40. The van der Waals surface area contributed by atoms with Gasteiger partial charge in [0, 0.05) is 12.1 Å². The van der Waals surface area contributed by atoms with E-state index in [1.165, 1.54) is 0 Å². The van der Waals surface area contributed by atoms with Gasteiger partial charge in [-0.25, -0.2) is 4.79 Å². The molecule has 5 nitrogen and oxygen atoms in total. The maximum absolute atomic E-state index is 12.2. The number of likely N-dealkylation sites (N-methyl/N-ethyl adjacent to an activating group) is 1. The summed E-state index contributed by atoms with van der Waals surface area (Å²) in [5, 5.41) is 11.2. The number of aliphatic hydroxyl groups excluding tert-OH is 1. The lowest BCUT2D eigenvalue weighted by molar-refractivity contribution is 0.0721. The summed E-state index contributed by atoms with van der Waals surface area (Å²) in [6.45, 7) is 6.78. The first kappa shape index (κ1) is 20.7. The highest BCUT2D eigenvalue weighted by Crippen LogP contribution is 2.33. The number of fused-ring (bicyclic) bond motifs is 3. The Bertz CT molecular complexity index is 785. The quantitative estimate of drug-likeness (QED) is 0.746. The normalized spacial score (nSPS) is 14.8. The Morgan fingerprint density at radius 3 is 2.58 bits per heavy atom. The van der Waals surface area contributed by atoms with Crippen molar-refractivity contribution in [2.24, 2.45) is 0 Å². The number of hydrogen-bond acceptors (Lipinski definition) is 5. The monoisotopic (exact) mass is 381 g/mol. The molecule has 1 aliphatic rings. The largest absolute Gasteiger partial charge is 0.490 e.